The number of nitrogens with zero attached hydrogens (tertiary/aromatic N) is 3. The van der Waals surface area contributed by atoms with E-state index in [9.17, 15) is 9.50 Å². The molecule has 0 unspecified atom stereocenters. The average molecular weight is 372 g/mol. The summed E-state index contributed by atoms with van der Waals surface area (Å²) >= 11 is 0. The summed E-state index contributed by atoms with van der Waals surface area (Å²) in [6.45, 7) is 4.22. The van der Waals surface area contributed by atoms with Gasteiger partial charge in [0.25, 0.3) is 0 Å². The molecule has 0 saturated carbocycles. The van der Waals surface area contributed by atoms with E-state index in [4.69, 9.17) is 4.74 Å². The summed E-state index contributed by atoms with van der Waals surface area (Å²) in [4.78, 5) is 1.99. The van der Waals surface area contributed by atoms with Crippen LogP contribution in [0.25, 0.3) is 11.3 Å². The van der Waals surface area contributed by atoms with Crippen molar-refractivity contribution in [2.24, 2.45) is 0 Å². The Morgan fingerprint density at radius 2 is 2.11 bits per heavy atom. The molecule has 1 aromatic heterocycles. The van der Waals surface area contributed by atoms with Crippen molar-refractivity contribution in [3.63, 3.8) is 0 Å². The van der Waals surface area contributed by atoms with Crippen molar-refractivity contribution in [3.05, 3.63) is 34.9 Å². The molecule has 4 rings (SSSR count). The van der Waals surface area contributed by atoms with Crippen LogP contribution in [0.4, 0.5) is 10.2 Å². The lowest BCUT2D eigenvalue weighted by atomic mass is 9.97. The number of hydrogen-bond acceptors (Lipinski definition) is 6. The van der Waals surface area contributed by atoms with Gasteiger partial charge in [0.15, 0.2) is 5.82 Å². The number of aromatic hydroxyl groups is 1. The SMILES string of the molecule is Cc1ccc(-c2nnc(N[C@@H]3C[C@@H](F)CN(C)C3)c3c2COCC3)c(O)c1. The predicted molar refractivity (Wildman–Crippen MR) is 102 cm³/mol. The van der Waals surface area contributed by atoms with Crippen molar-refractivity contribution in [1.29, 1.82) is 0 Å². The van der Waals surface area contributed by atoms with Gasteiger partial charge in [-0.1, -0.05) is 6.07 Å². The fourth-order valence-corrected chi connectivity index (χ4v) is 4.00. The van der Waals surface area contributed by atoms with Gasteiger partial charge in [0, 0.05) is 42.2 Å². The number of likely N-dealkylation sites (tertiary alicyclic amines) is 1. The van der Waals surface area contributed by atoms with E-state index in [1.165, 1.54) is 0 Å². The van der Waals surface area contributed by atoms with Gasteiger partial charge in [-0.3, -0.25) is 0 Å². The molecule has 3 heterocycles. The first-order chi connectivity index (χ1) is 13.0. The minimum Gasteiger partial charge on any atom is -0.507 e. The number of likely N-dealkylation sites (N-methyl/N-ethyl adjacent to an activating group) is 1. The molecule has 2 aromatic rings. The number of ether oxygens (including phenoxy) is 1. The Hall–Kier alpha value is -2.25. The third-order valence-corrected chi connectivity index (χ3v) is 5.26. The van der Waals surface area contributed by atoms with Crippen LogP contribution >= 0.6 is 0 Å². The molecule has 0 amide bonds. The number of alkyl halides is 1. The van der Waals surface area contributed by atoms with Crippen molar-refractivity contribution in [2.75, 3.05) is 32.1 Å². The first-order valence-corrected chi connectivity index (χ1v) is 9.36. The van der Waals surface area contributed by atoms with E-state index in [1.54, 1.807) is 6.07 Å². The van der Waals surface area contributed by atoms with Crippen molar-refractivity contribution in [3.8, 4) is 17.0 Å². The predicted octanol–water partition coefficient (Wildman–Crippen LogP) is 2.68. The lowest BCUT2D eigenvalue weighted by Crippen LogP contribution is -2.45. The van der Waals surface area contributed by atoms with Crippen LogP contribution in [0.5, 0.6) is 5.75 Å². The Balaban J connectivity index is 1.69. The standard InChI is InChI=1S/C20H25FN4O2/c1-12-3-4-16(18(26)7-12)19-17-11-27-6-5-15(17)20(24-23-19)22-14-8-13(21)9-25(2)10-14/h3-4,7,13-14,26H,5-6,8-11H2,1-2H3,(H,22,24)/t13-,14-/m1/s1. The number of phenolic OH excluding ortho intramolecular Hbond substituents is 1. The minimum atomic E-state index is -0.836. The fourth-order valence-electron chi connectivity index (χ4n) is 4.00. The van der Waals surface area contributed by atoms with Gasteiger partial charge in [-0.15, -0.1) is 10.2 Å². The lowest BCUT2D eigenvalue weighted by molar-refractivity contribution is 0.110. The lowest BCUT2D eigenvalue weighted by Gasteiger charge is -2.33. The average Bonchev–Trinajstić information content (AvgIpc) is 2.62. The number of aromatic nitrogens is 2. The zero-order valence-electron chi connectivity index (χ0n) is 15.7. The molecule has 0 spiro atoms. The number of phenols is 1. The highest BCUT2D eigenvalue weighted by atomic mass is 19.1. The fraction of sp³-hybridized carbons (Fsp3) is 0.500. The van der Waals surface area contributed by atoms with E-state index in [0.717, 1.165) is 23.2 Å². The maximum Gasteiger partial charge on any atom is 0.152 e. The van der Waals surface area contributed by atoms with Gasteiger partial charge in [0.2, 0.25) is 0 Å². The highest BCUT2D eigenvalue weighted by molar-refractivity contribution is 5.72. The third-order valence-electron chi connectivity index (χ3n) is 5.26. The Kier molecular flexibility index (Phi) is 4.97. The smallest absolute Gasteiger partial charge is 0.152 e. The van der Waals surface area contributed by atoms with Crippen LogP contribution in [0.15, 0.2) is 18.2 Å². The van der Waals surface area contributed by atoms with Crippen LogP contribution in [-0.4, -0.2) is 59.2 Å². The first-order valence-electron chi connectivity index (χ1n) is 9.36. The second-order valence-electron chi connectivity index (χ2n) is 7.57. The summed E-state index contributed by atoms with van der Waals surface area (Å²) < 4.78 is 19.6. The van der Waals surface area contributed by atoms with Crippen molar-refractivity contribution in [1.82, 2.24) is 15.1 Å². The number of rotatable bonds is 3. The molecule has 7 heteroatoms. The molecule has 2 N–H and O–H groups in total. The normalized spacial score (nSPS) is 23.1. The van der Waals surface area contributed by atoms with E-state index in [0.29, 0.717) is 49.7 Å². The van der Waals surface area contributed by atoms with Gasteiger partial charge < -0.3 is 20.1 Å². The number of hydrogen-bond donors (Lipinski definition) is 2. The van der Waals surface area contributed by atoms with Gasteiger partial charge in [-0.2, -0.15) is 0 Å². The van der Waals surface area contributed by atoms with Crippen LogP contribution in [0.2, 0.25) is 0 Å². The van der Waals surface area contributed by atoms with Crippen LogP contribution in [0.1, 0.15) is 23.1 Å². The van der Waals surface area contributed by atoms with Crippen molar-refractivity contribution in [2.45, 2.75) is 38.6 Å². The summed E-state index contributed by atoms with van der Waals surface area (Å²) in [5, 5.41) is 22.6. The first kappa shape index (κ1) is 18.1. The Bertz CT molecular complexity index is 835. The molecule has 1 saturated heterocycles. The number of anilines is 1. The van der Waals surface area contributed by atoms with Gasteiger partial charge in [0.05, 0.1) is 13.2 Å². The molecule has 2 atom stereocenters. The summed E-state index contributed by atoms with van der Waals surface area (Å²) in [5.41, 5.74) is 4.28. The van der Waals surface area contributed by atoms with E-state index >= 15 is 0 Å². The minimum absolute atomic E-state index is 0.00128. The second kappa shape index (κ2) is 7.40. The highest BCUT2D eigenvalue weighted by Gasteiger charge is 2.28. The molecule has 0 bridgehead atoms. The number of halogens is 1. The number of benzene rings is 1. The zero-order chi connectivity index (χ0) is 19.0. The molecule has 0 radical (unpaired) electrons. The summed E-state index contributed by atoms with van der Waals surface area (Å²) in [6.07, 6.45) is 0.351. The molecule has 2 aliphatic heterocycles. The zero-order valence-corrected chi connectivity index (χ0v) is 15.7. The van der Waals surface area contributed by atoms with Gasteiger partial charge in [-0.25, -0.2) is 4.39 Å². The third kappa shape index (κ3) is 3.75. The number of fused-ring (bicyclic) bond motifs is 1. The molecular formula is C20H25FN4O2. The van der Waals surface area contributed by atoms with Crippen LogP contribution in [-0.2, 0) is 17.8 Å². The molecule has 1 aromatic carbocycles. The van der Waals surface area contributed by atoms with Crippen LogP contribution < -0.4 is 5.32 Å². The van der Waals surface area contributed by atoms with Gasteiger partial charge >= 0.3 is 0 Å². The van der Waals surface area contributed by atoms with E-state index in [1.807, 2.05) is 31.0 Å². The molecule has 0 aliphatic carbocycles. The summed E-state index contributed by atoms with van der Waals surface area (Å²) in [7, 11) is 1.93. The summed E-state index contributed by atoms with van der Waals surface area (Å²) in [6, 6.07) is 5.52. The maximum absolute atomic E-state index is 13.9. The van der Waals surface area contributed by atoms with E-state index < -0.39 is 6.17 Å². The second-order valence-corrected chi connectivity index (χ2v) is 7.57. The topological polar surface area (TPSA) is 70.5 Å². The number of piperidine rings is 1. The Labute approximate surface area is 158 Å². The summed E-state index contributed by atoms with van der Waals surface area (Å²) in [5.74, 6) is 0.892. The van der Waals surface area contributed by atoms with E-state index in [2.05, 4.69) is 15.5 Å². The molecule has 6 nitrogen and oxygen atoms in total. The van der Waals surface area contributed by atoms with Gasteiger partial charge in [-0.05, 0) is 38.1 Å². The van der Waals surface area contributed by atoms with Crippen LogP contribution in [0, 0.1) is 6.92 Å². The van der Waals surface area contributed by atoms with Gasteiger partial charge in [0.1, 0.15) is 17.6 Å². The van der Waals surface area contributed by atoms with Crippen molar-refractivity contribution >= 4 is 5.82 Å². The molecule has 1 fully saturated rings. The van der Waals surface area contributed by atoms with E-state index in [-0.39, 0.29) is 11.8 Å². The highest BCUT2D eigenvalue weighted by Crippen LogP contribution is 2.36. The van der Waals surface area contributed by atoms with Crippen molar-refractivity contribution < 1.29 is 14.2 Å². The Morgan fingerprint density at radius 1 is 1.26 bits per heavy atom. The number of aryl methyl sites for hydroxylation is 1. The number of nitrogens with one attached hydrogen (secondary N) is 1. The molecular weight excluding hydrogens is 347 g/mol. The quantitative estimate of drug-likeness (QED) is 0.863. The van der Waals surface area contributed by atoms with Crippen LogP contribution in [0.3, 0.4) is 0 Å². The molecule has 2 aliphatic rings. The molecule has 144 valence electrons. The Morgan fingerprint density at radius 3 is 2.89 bits per heavy atom. The maximum atomic E-state index is 13.9. The largest absolute Gasteiger partial charge is 0.507 e. The molecule has 27 heavy (non-hydrogen) atoms. The monoisotopic (exact) mass is 372 g/mol.